The van der Waals surface area contributed by atoms with E-state index in [-0.39, 0.29) is 43.8 Å². The first kappa shape index (κ1) is 28.5. The van der Waals surface area contributed by atoms with Crippen LogP contribution in [0, 0.1) is 34.3 Å². The number of halogens is 2. The molecule has 2 N–H and O–H groups in total. The summed E-state index contributed by atoms with van der Waals surface area (Å²) in [5, 5.41) is 19.2. The number of rotatable bonds is 5. The quantitative estimate of drug-likeness (QED) is 0.250. The maximum absolute atomic E-state index is 14.5. The van der Waals surface area contributed by atoms with Gasteiger partial charge in [-0.05, 0) is 62.2 Å². The van der Waals surface area contributed by atoms with Crippen molar-refractivity contribution in [1.82, 2.24) is 0 Å². The Kier molecular flexibility index (Phi) is 7.04. The molecule has 0 heterocycles. The zero-order valence-corrected chi connectivity index (χ0v) is 22.6. The number of ketones is 1. The molecule has 9 heteroatoms. The van der Waals surface area contributed by atoms with Gasteiger partial charge in [-0.15, -0.1) is 0 Å². The van der Waals surface area contributed by atoms with Gasteiger partial charge < -0.3 is 9.11 Å². The Morgan fingerprint density at radius 3 is 1.90 bits per heavy atom. The average molecular weight is 559 g/mol. The van der Waals surface area contributed by atoms with Crippen molar-refractivity contribution in [2.45, 2.75) is 30.4 Å². The van der Waals surface area contributed by atoms with Crippen LogP contribution < -0.4 is 0 Å². The molecule has 0 aliphatic heterocycles. The van der Waals surface area contributed by atoms with Gasteiger partial charge in [-0.25, -0.2) is 13.0 Å². The topological polar surface area (TPSA) is 122 Å². The molecule has 0 unspecified atom stereocenters. The van der Waals surface area contributed by atoms with E-state index in [4.69, 9.17) is 0 Å². The summed E-state index contributed by atoms with van der Waals surface area (Å²) >= 11 is 0. The first-order chi connectivity index (χ1) is 18.7. The van der Waals surface area contributed by atoms with Crippen molar-refractivity contribution in [1.29, 1.82) is 10.5 Å². The van der Waals surface area contributed by atoms with Crippen molar-refractivity contribution >= 4 is 15.4 Å². The minimum Gasteiger partial charge on any atom is -0.304 e. The molecule has 0 fully saturated rings. The number of carbonyl (C=O) groups is 1. The lowest BCUT2D eigenvalue weighted by atomic mass is 9.88. The molecule has 0 aliphatic rings. The van der Waals surface area contributed by atoms with Crippen molar-refractivity contribution in [3.05, 3.63) is 113 Å². The van der Waals surface area contributed by atoms with Crippen LogP contribution in [0.15, 0.2) is 83.8 Å². The molecule has 0 saturated carbocycles. The number of hydrogen-bond donors (Lipinski definition) is 2. The smallest absolute Gasteiger partial charge is 0.193 e. The predicted octanol–water partition coefficient (Wildman–Crippen LogP) is 7.20. The van der Waals surface area contributed by atoms with Gasteiger partial charge in [0, 0.05) is 22.3 Å². The summed E-state index contributed by atoms with van der Waals surface area (Å²) in [6, 6.07) is 21.1. The number of nitrogens with zero attached hydrogens (tertiary/aromatic N) is 2. The fourth-order valence-corrected chi connectivity index (χ4v) is 5.62. The second-order valence-electron chi connectivity index (χ2n) is 10.1. The Labute approximate surface area is 230 Å². The van der Waals surface area contributed by atoms with Crippen molar-refractivity contribution < 1.29 is 26.9 Å². The van der Waals surface area contributed by atoms with E-state index in [0.717, 1.165) is 18.2 Å². The molecule has 4 aromatic rings. The minimum absolute atomic E-state index is 0.0416. The Bertz CT molecular complexity index is 1840. The standard InChI is InChI=1S/C31H24F2N2O4S/c1-31(2,3)40(37,38,39)21-8-4-7-20(15-21)30(36)25-16-19(22-9-5-11-28(32)26(22)17-34)13-14-24(25)23-10-6-12-29(33)27(23)18-35/h4-16H,1-3H3,(H2,37,38,39). The third-order valence-corrected chi connectivity index (χ3v) is 10.1. The largest absolute Gasteiger partial charge is 0.304 e. The fourth-order valence-electron chi connectivity index (χ4n) is 4.25. The Hall–Kier alpha value is -4.54. The molecule has 0 saturated heterocycles. The van der Waals surface area contributed by atoms with Crippen LogP contribution in [-0.2, 0) is 9.63 Å². The van der Waals surface area contributed by atoms with Crippen LogP contribution >= 0.6 is 0 Å². The summed E-state index contributed by atoms with van der Waals surface area (Å²) in [6.07, 6.45) is 0. The van der Waals surface area contributed by atoms with Gasteiger partial charge in [-0.2, -0.15) is 10.5 Å². The Morgan fingerprint density at radius 1 is 0.775 bits per heavy atom. The predicted molar refractivity (Wildman–Crippen MR) is 148 cm³/mol. The monoisotopic (exact) mass is 558 g/mol. The fraction of sp³-hybridized carbons (Fsp3) is 0.129. The van der Waals surface area contributed by atoms with Crippen molar-refractivity contribution in [2.75, 3.05) is 0 Å². The first-order valence-electron chi connectivity index (χ1n) is 12.0. The molecule has 0 amide bonds. The summed E-state index contributed by atoms with van der Waals surface area (Å²) < 4.78 is 62.4. The van der Waals surface area contributed by atoms with Crippen LogP contribution in [-0.4, -0.2) is 23.8 Å². The lowest BCUT2D eigenvalue weighted by molar-refractivity contribution is 0.103. The van der Waals surface area contributed by atoms with Crippen molar-refractivity contribution in [2.24, 2.45) is 0 Å². The molecule has 0 spiro atoms. The van der Waals surface area contributed by atoms with Gasteiger partial charge in [0.25, 0.3) is 0 Å². The summed E-state index contributed by atoms with van der Waals surface area (Å²) in [5.74, 6) is -2.23. The van der Waals surface area contributed by atoms with E-state index >= 15 is 0 Å². The van der Waals surface area contributed by atoms with E-state index < -0.39 is 31.8 Å². The van der Waals surface area contributed by atoms with E-state index in [0.29, 0.717) is 5.56 Å². The summed E-state index contributed by atoms with van der Waals surface area (Å²) in [5.41, 5.74) is 0.141. The zero-order chi connectivity index (χ0) is 29.5. The van der Waals surface area contributed by atoms with Gasteiger partial charge in [-0.1, -0.05) is 48.5 Å². The molecule has 0 bridgehead atoms. The van der Waals surface area contributed by atoms with Gasteiger partial charge in [0.05, 0.1) is 20.8 Å². The number of carbonyl (C=O) groups excluding carboxylic acids is 1. The van der Waals surface area contributed by atoms with Crippen molar-refractivity contribution in [3.8, 4) is 34.4 Å². The SMILES string of the molecule is CC(C)(C)S(=O)(O)(O)c1cccc(C(=O)c2cc(-c3cccc(F)c3C#N)ccc2-c2cccc(F)c2C#N)c1. The third-order valence-electron chi connectivity index (χ3n) is 6.74. The first-order valence-corrected chi connectivity index (χ1v) is 13.9. The Balaban J connectivity index is 2.01. The van der Waals surface area contributed by atoms with Crippen LogP contribution in [0.5, 0.6) is 0 Å². The van der Waals surface area contributed by atoms with Crippen LogP contribution in [0.2, 0.25) is 0 Å². The number of hydrogen-bond acceptors (Lipinski definition) is 4. The lowest BCUT2D eigenvalue weighted by Crippen LogP contribution is -2.49. The molecule has 4 rings (SSSR count). The van der Waals surface area contributed by atoms with E-state index in [2.05, 4.69) is 0 Å². The summed E-state index contributed by atoms with van der Waals surface area (Å²) in [7, 11) is -5.41. The minimum atomic E-state index is -5.41. The van der Waals surface area contributed by atoms with Crippen molar-refractivity contribution in [3.63, 3.8) is 0 Å². The Morgan fingerprint density at radius 2 is 1.32 bits per heavy atom. The third kappa shape index (κ3) is 4.72. The van der Waals surface area contributed by atoms with E-state index in [9.17, 15) is 37.4 Å². The highest BCUT2D eigenvalue weighted by atomic mass is 32.3. The van der Waals surface area contributed by atoms with Crippen LogP contribution in [0.1, 0.15) is 47.8 Å². The molecule has 0 radical (unpaired) electrons. The molecular formula is C31H24F2N2O4S. The molecular weight excluding hydrogens is 534 g/mol. The highest BCUT2D eigenvalue weighted by Gasteiger charge is 2.46. The maximum atomic E-state index is 14.5. The number of benzene rings is 4. The highest BCUT2D eigenvalue weighted by Crippen LogP contribution is 2.42. The molecule has 6 nitrogen and oxygen atoms in total. The highest BCUT2D eigenvalue weighted by molar-refractivity contribution is 8.11. The maximum Gasteiger partial charge on any atom is 0.193 e. The van der Waals surface area contributed by atoms with E-state index in [1.165, 1.54) is 81.4 Å². The second-order valence-corrected chi connectivity index (χ2v) is 13.6. The average Bonchev–Trinajstić information content (AvgIpc) is 2.91. The summed E-state index contributed by atoms with van der Waals surface area (Å²) in [6.45, 7) is 4.16. The molecule has 0 aromatic heterocycles. The lowest BCUT2D eigenvalue weighted by Gasteiger charge is -2.42. The molecule has 0 atom stereocenters. The molecule has 202 valence electrons. The normalized spacial score (nSPS) is 12.6. The van der Waals surface area contributed by atoms with Crippen LogP contribution in [0.3, 0.4) is 0 Å². The van der Waals surface area contributed by atoms with Crippen LogP contribution in [0.25, 0.3) is 22.3 Å². The zero-order valence-electron chi connectivity index (χ0n) is 21.8. The van der Waals surface area contributed by atoms with Gasteiger partial charge in [0.1, 0.15) is 33.4 Å². The van der Waals surface area contributed by atoms with E-state index in [1.807, 2.05) is 12.1 Å². The molecule has 0 aliphatic carbocycles. The van der Waals surface area contributed by atoms with Gasteiger partial charge >= 0.3 is 0 Å². The summed E-state index contributed by atoms with van der Waals surface area (Å²) in [4.78, 5) is 13.6. The molecule has 4 aromatic carbocycles. The van der Waals surface area contributed by atoms with E-state index in [1.54, 1.807) is 0 Å². The van der Waals surface area contributed by atoms with Gasteiger partial charge in [0.15, 0.2) is 5.78 Å². The number of nitriles is 2. The van der Waals surface area contributed by atoms with Crippen LogP contribution in [0.4, 0.5) is 8.78 Å². The van der Waals surface area contributed by atoms with Gasteiger partial charge in [0.2, 0.25) is 0 Å². The second kappa shape index (κ2) is 9.89. The molecule has 40 heavy (non-hydrogen) atoms. The van der Waals surface area contributed by atoms with Gasteiger partial charge in [-0.3, -0.25) is 4.79 Å².